The predicted octanol–water partition coefficient (Wildman–Crippen LogP) is 4.98. The number of phenols is 1. The number of nitrogens with one attached hydrogen (secondary N) is 1. The summed E-state index contributed by atoms with van der Waals surface area (Å²) in [5.74, 6) is -3.67. The fourth-order valence-electron chi connectivity index (χ4n) is 3.15. The molecule has 3 aromatic rings. The van der Waals surface area contributed by atoms with Crippen LogP contribution in [0.5, 0.6) is 11.5 Å². The molecule has 0 amide bonds. The van der Waals surface area contributed by atoms with Crippen LogP contribution in [0.3, 0.4) is 0 Å². The Morgan fingerprint density at radius 1 is 1.14 bits per heavy atom. The number of carboxylic acid groups (broad SMARTS) is 1. The van der Waals surface area contributed by atoms with E-state index in [1.807, 2.05) is 37.3 Å². The summed E-state index contributed by atoms with van der Waals surface area (Å²) >= 11 is 0. The Bertz CT molecular complexity index is 1160. The minimum atomic E-state index is -4.86. The summed E-state index contributed by atoms with van der Waals surface area (Å²) in [6.45, 7) is 5.84. The molecule has 3 rings (SSSR count). The van der Waals surface area contributed by atoms with Crippen LogP contribution < -0.4 is 10.1 Å². The fraction of sp³-hybridized carbons (Fsp3) is 0.320. The van der Waals surface area contributed by atoms with Gasteiger partial charge in [0.05, 0.1) is 18.1 Å². The molecule has 36 heavy (non-hydrogen) atoms. The number of hydrogen-bond donors (Lipinski definition) is 3. The highest BCUT2D eigenvalue weighted by molar-refractivity contribution is 6.00. The van der Waals surface area contributed by atoms with Crippen LogP contribution >= 0.6 is 0 Å². The second kappa shape index (κ2) is 12.7. The summed E-state index contributed by atoms with van der Waals surface area (Å²) in [6, 6.07) is 11.5. The third-order valence-electron chi connectivity index (χ3n) is 4.99. The summed E-state index contributed by atoms with van der Waals surface area (Å²) < 4.78 is 46.8. The molecule has 0 aliphatic heterocycles. The Balaban J connectivity index is 0.000000380. The zero-order valence-electron chi connectivity index (χ0n) is 20.0. The molecule has 0 saturated heterocycles. The van der Waals surface area contributed by atoms with E-state index in [1.165, 1.54) is 12.5 Å². The first kappa shape index (κ1) is 28.4. The Kier molecular flexibility index (Phi) is 10.0. The van der Waals surface area contributed by atoms with Crippen molar-refractivity contribution in [2.45, 2.75) is 40.0 Å². The van der Waals surface area contributed by atoms with Gasteiger partial charge in [0.15, 0.2) is 5.78 Å². The Morgan fingerprint density at radius 2 is 1.81 bits per heavy atom. The van der Waals surface area contributed by atoms with E-state index >= 15 is 0 Å². The average molecular weight is 508 g/mol. The zero-order chi connectivity index (χ0) is 26.9. The standard InChI is InChI=1S/C19H20F3NO3.C6H8N2O2/c1-12(2)17(24)14-8-9-15(16(18(14)25)19(20,21)22)26-11-23-10-13-6-4-3-5-7-13;1-2-8-4-7-3-5(8)6(9)10/h3-9,12,23,25H,10-11H2,1-2H3;3-4H,2H2,1H3,(H,9,10). The molecule has 8 nitrogen and oxygen atoms in total. The maximum Gasteiger partial charge on any atom is 0.423 e. The number of aromatic carboxylic acids is 1. The molecule has 3 N–H and O–H groups in total. The highest BCUT2D eigenvalue weighted by Gasteiger charge is 2.39. The first-order chi connectivity index (χ1) is 17.0. The fourth-order valence-corrected chi connectivity index (χ4v) is 3.15. The molecule has 0 unspecified atom stereocenters. The van der Waals surface area contributed by atoms with Crippen molar-refractivity contribution in [3.8, 4) is 11.5 Å². The molecule has 2 aromatic carbocycles. The van der Waals surface area contributed by atoms with E-state index < -0.39 is 40.9 Å². The van der Waals surface area contributed by atoms with Gasteiger partial charge in [0.2, 0.25) is 0 Å². The quantitative estimate of drug-likeness (QED) is 0.213. The molecule has 194 valence electrons. The van der Waals surface area contributed by atoms with Crippen molar-refractivity contribution in [1.82, 2.24) is 14.9 Å². The number of aromatic nitrogens is 2. The number of ketones is 1. The van der Waals surface area contributed by atoms with E-state index in [0.29, 0.717) is 13.1 Å². The zero-order valence-corrected chi connectivity index (χ0v) is 20.0. The second-order valence-corrected chi connectivity index (χ2v) is 7.92. The van der Waals surface area contributed by atoms with Crippen molar-refractivity contribution in [2.24, 2.45) is 5.92 Å². The highest BCUT2D eigenvalue weighted by Crippen LogP contribution is 2.44. The van der Waals surface area contributed by atoms with Crippen molar-refractivity contribution < 1.29 is 37.7 Å². The molecule has 0 saturated carbocycles. The molecule has 0 aliphatic carbocycles. The molecule has 11 heteroatoms. The molecule has 0 atom stereocenters. The number of halogens is 3. The molecule has 1 heterocycles. The minimum Gasteiger partial charge on any atom is -0.506 e. The van der Waals surface area contributed by atoms with Gasteiger partial charge in [-0.15, -0.1) is 0 Å². The second-order valence-electron chi connectivity index (χ2n) is 7.92. The Labute approximate surface area is 206 Å². The van der Waals surface area contributed by atoms with Crippen molar-refractivity contribution in [2.75, 3.05) is 6.73 Å². The summed E-state index contributed by atoms with van der Waals surface area (Å²) in [5.41, 5.74) is -0.516. The van der Waals surface area contributed by atoms with Crippen molar-refractivity contribution in [3.63, 3.8) is 0 Å². The molecule has 0 spiro atoms. The largest absolute Gasteiger partial charge is 0.506 e. The van der Waals surface area contributed by atoms with Crippen LogP contribution in [0, 0.1) is 5.92 Å². The number of carboxylic acids is 1. The van der Waals surface area contributed by atoms with Gasteiger partial charge in [-0.05, 0) is 24.6 Å². The number of Topliss-reactive ketones (excluding diaryl/α,β-unsaturated/α-hetero) is 1. The number of alkyl halides is 3. The first-order valence-electron chi connectivity index (χ1n) is 11.1. The SMILES string of the molecule is CC(C)C(=O)c1ccc(OCNCc2ccccc2)c(C(F)(F)F)c1O.CCn1cncc1C(=O)O. The smallest absolute Gasteiger partial charge is 0.423 e. The van der Waals surface area contributed by atoms with Crippen LogP contribution in [0.1, 0.15) is 52.7 Å². The maximum atomic E-state index is 13.4. The number of phenolic OH excluding ortho intramolecular Hbond substituents is 1. The van der Waals surface area contributed by atoms with E-state index in [0.717, 1.165) is 17.7 Å². The van der Waals surface area contributed by atoms with Gasteiger partial charge in [-0.2, -0.15) is 13.2 Å². The number of rotatable bonds is 9. The number of benzene rings is 2. The van der Waals surface area contributed by atoms with Gasteiger partial charge in [-0.3, -0.25) is 10.1 Å². The minimum absolute atomic E-state index is 0.186. The lowest BCUT2D eigenvalue weighted by molar-refractivity contribution is -0.140. The number of imidazole rings is 1. The van der Waals surface area contributed by atoms with Gasteiger partial charge in [0.1, 0.15) is 29.5 Å². The molecular weight excluding hydrogens is 479 g/mol. The van der Waals surface area contributed by atoms with Gasteiger partial charge in [0.25, 0.3) is 0 Å². The number of carbonyl (C=O) groups excluding carboxylic acids is 1. The normalized spacial score (nSPS) is 11.1. The van der Waals surface area contributed by atoms with Gasteiger partial charge >= 0.3 is 12.1 Å². The van der Waals surface area contributed by atoms with Gasteiger partial charge < -0.3 is 19.5 Å². The summed E-state index contributed by atoms with van der Waals surface area (Å²) in [7, 11) is 0. The number of carbonyl (C=O) groups is 2. The van der Waals surface area contributed by atoms with E-state index in [2.05, 4.69) is 10.3 Å². The van der Waals surface area contributed by atoms with E-state index in [-0.39, 0.29) is 18.0 Å². The first-order valence-corrected chi connectivity index (χ1v) is 11.1. The summed E-state index contributed by atoms with van der Waals surface area (Å²) in [6.07, 6.45) is -2.01. The summed E-state index contributed by atoms with van der Waals surface area (Å²) in [5, 5.41) is 21.4. The highest BCUT2D eigenvalue weighted by atomic mass is 19.4. The molecule has 0 fully saturated rings. The van der Waals surface area contributed by atoms with Crippen LogP contribution in [0.4, 0.5) is 13.2 Å². The topological polar surface area (TPSA) is 114 Å². The van der Waals surface area contributed by atoms with Crippen LogP contribution in [0.15, 0.2) is 55.0 Å². The average Bonchev–Trinajstić information content (AvgIpc) is 3.31. The number of ether oxygens (including phenoxy) is 1. The van der Waals surface area contributed by atoms with E-state index in [9.17, 15) is 27.9 Å². The number of nitrogens with zero attached hydrogens (tertiary/aromatic N) is 2. The molecule has 0 radical (unpaired) electrons. The number of aromatic hydroxyl groups is 1. The third kappa shape index (κ3) is 7.57. The van der Waals surface area contributed by atoms with Gasteiger partial charge in [0, 0.05) is 19.0 Å². The monoisotopic (exact) mass is 507 g/mol. The maximum absolute atomic E-state index is 13.4. The Hall–Kier alpha value is -3.86. The van der Waals surface area contributed by atoms with Gasteiger partial charge in [-0.25, -0.2) is 9.78 Å². The van der Waals surface area contributed by atoms with Gasteiger partial charge in [-0.1, -0.05) is 44.2 Å². The molecule has 0 bridgehead atoms. The number of aryl methyl sites for hydroxylation is 1. The van der Waals surface area contributed by atoms with E-state index in [1.54, 1.807) is 18.4 Å². The molecule has 0 aliphatic rings. The molecule has 1 aromatic heterocycles. The van der Waals surface area contributed by atoms with Crippen LogP contribution in [0.2, 0.25) is 0 Å². The number of hydrogen-bond acceptors (Lipinski definition) is 6. The lowest BCUT2D eigenvalue weighted by atomic mass is 9.97. The van der Waals surface area contributed by atoms with Crippen LogP contribution in [-0.2, 0) is 19.3 Å². The lowest BCUT2D eigenvalue weighted by Crippen LogP contribution is -2.21. The van der Waals surface area contributed by atoms with Crippen LogP contribution in [-0.4, -0.2) is 38.2 Å². The third-order valence-corrected chi connectivity index (χ3v) is 4.99. The van der Waals surface area contributed by atoms with Crippen molar-refractivity contribution >= 4 is 11.8 Å². The van der Waals surface area contributed by atoms with Crippen LogP contribution in [0.25, 0.3) is 0 Å². The Morgan fingerprint density at radius 3 is 2.33 bits per heavy atom. The molecular formula is C25H28F3N3O5. The van der Waals surface area contributed by atoms with Crippen molar-refractivity contribution in [1.29, 1.82) is 0 Å². The summed E-state index contributed by atoms with van der Waals surface area (Å²) in [4.78, 5) is 26.1. The van der Waals surface area contributed by atoms with E-state index in [4.69, 9.17) is 9.84 Å². The predicted molar refractivity (Wildman–Crippen MR) is 126 cm³/mol. The lowest BCUT2D eigenvalue weighted by Gasteiger charge is -2.18. The van der Waals surface area contributed by atoms with Crippen molar-refractivity contribution in [3.05, 3.63) is 77.4 Å².